The van der Waals surface area contributed by atoms with Crippen molar-refractivity contribution in [1.29, 1.82) is 0 Å². The summed E-state index contributed by atoms with van der Waals surface area (Å²) in [6.45, 7) is 1.13. The summed E-state index contributed by atoms with van der Waals surface area (Å²) in [6.07, 6.45) is 0. The largest absolute Gasteiger partial charge is 0.348 e. The smallest absolute Gasteiger partial charge is 0.289 e. The van der Waals surface area contributed by atoms with Gasteiger partial charge in [0.2, 0.25) is 5.82 Å². The summed E-state index contributed by atoms with van der Waals surface area (Å²) >= 11 is 6.16. The summed E-state index contributed by atoms with van der Waals surface area (Å²) in [5, 5.41) is 18.4. The summed E-state index contributed by atoms with van der Waals surface area (Å²) in [7, 11) is 1.82. The number of para-hydroxylation sites is 1. The van der Waals surface area contributed by atoms with Gasteiger partial charge >= 0.3 is 0 Å². The van der Waals surface area contributed by atoms with Gasteiger partial charge in [-0.25, -0.2) is 9.97 Å². The van der Waals surface area contributed by atoms with Gasteiger partial charge in [-0.2, -0.15) is 5.10 Å². The average molecular weight is 396 g/mol. The number of hydrogen-bond donors (Lipinski definition) is 4. The molecule has 0 aliphatic heterocycles. The second-order valence-electron chi connectivity index (χ2n) is 6.16. The SMILES string of the molecule is CNCCNC(=O)c1nc(Nc2n[nH]c3ccccc23)c2cc(Cl)ccc2n1. The number of nitrogens with one attached hydrogen (secondary N) is 4. The second-order valence-corrected chi connectivity index (χ2v) is 6.60. The van der Waals surface area contributed by atoms with Gasteiger partial charge in [0, 0.05) is 28.9 Å². The molecular weight excluding hydrogens is 378 g/mol. The fourth-order valence-electron chi connectivity index (χ4n) is 2.85. The number of likely N-dealkylation sites (N-methyl/N-ethyl adjacent to an activating group) is 1. The van der Waals surface area contributed by atoms with E-state index in [2.05, 4.69) is 36.1 Å². The molecule has 9 heteroatoms. The van der Waals surface area contributed by atoms with Crippen molar-refractivity contribution in [3.05, 3.63) is 53.3 Å². The van der Waals surface area contributed by atoms with E-state index in [0.717, 1.165) is 10.9 Å². The third-order valence-corrected chi connectivity index (χ3v) is 4.46. The highest BCUT2D eigenvalue weighted by Gasteiger charge is 2.16. The predicted octanol–water partition coefficient (Wildman–Crippen LogP) is 2.85. The maximum atomic E-state index is 12.5. The number of carbonyl (C=O) groups excluding carboxylic acids is 1. The minimum Gasteiger partial charge on any atom is -0.348 e. The van der Waals surface area contributed by atoms with Gasteiger partial charge in [0.1, 0.15) is 5.82 Å². The van der Waals surface area contributed by atoms with E-state index in [-0.39, 0.29) is 11.7 Å². The Kier molecular flexibility index (Phi) is 5.05. The molecule has 0 unspecified atom stereocenters. The number of H-pyrrole nitrogens is 1. The molecule has 0 saturated carbocycles. The summed E-state index contributed by atoms with van der Waals surface area (Å²) in [6, 6.07) is 13.0. The third kappa shape index (κ3) is 3.60. The number of halogens is 1. The highest BCUT2D eigenvalue weighted by Crippen LogP contribution is 2.28. The first-order valence-electron chi connectivity index (χ1n) is 8.76. The number of benzene rings is 2. The standard InChI is InChI=1S/C19H18ClN7O/c1-21-8-9-22-19(28)18-23-14-7-6-11(20)10-13(14)16(25-18)24-17-12-4-2-3-5-15(12)26-27-17/h2-7,10,21H,8-9H2,1H3,(H,22,28)(H2,23,24,25,26,27). The van der Waals surface area contributed by atoms with Crippen LogP contribution in [0.3, 0.4) is 0 Å². The quantitative estimate of drug-likeness (QED) is 0.374. The van der Waals surface area contributed by atoms with Crippen molar-refractivity contribution >= 4 is 50.9 Å². The average Bonchev–Trinajstić information content (AvgIpc) is 3.11. The Morgan fingerprint density at radius 3 is 2.79 bits per heavy atom. The first-order chi connectivity index (χ1) is 13.7. The van der Waals surface area contributed by atoms with E-state index >= 15 is 0 Å². The fraction of sp³-hybridized carbons (Fsp3) is 0.158. The third-order valence-electron chi connectivity index (χ3n) is 4.23. The fourth-order valence-corrected chi connectivity index (χ4v) is 3.02. The molecule has 0 spiro atoms. The molecular formula is C19H18ClN7O. The molecule has 4 rings (SSSR count). The van der Waals surface area contributed by atoms with Crippen molar-refractivity contribution < 1.29 is 4.79 Å². The van der Waals surface area contributed by atoms with Crippen LogP contribution in [0.5, 0.6) is 0 Å². The van der Waals surface area contributed by atoms with Gasteiger partial charge in [-0.15, -0.1) is 0 Å². The van der Waals surface area contributed by atoms with Gasteiger partial charge in [0.25, 0.3) is 5.91 Å². The van der Waals surface area contributed by atoms with Crippen LogP contribution >= 0.6 is 11.6 Å². The molecule has 2 heterocycles. The molecule has 0 bridgehead atoms. The van der Waals surface area contributed by atoms with Crippen molar-refractivity contribution in [1.82, 2.24) is 30.8 Å². The number of anilines is 2. The molecule has 0 aliphatic rings. The van der Waals surface area contributed by atoms with Gasteiger partial charge in [-0.3, -0.25) is 9.89 Å². The lowest BCUT2D eigenvalue weighted by molar-refractivity contribution is 0.0944. The van der Waals surface area contributed by atoms with E-state index in [0.29, 0.717) is 40.7 Å². The van der Waals surface area contributed by atoms with E-state index in [4.69, 9.17) is 11.6 Å². The Balaban J connectivity index is 1.76. The summed E-state index contributed by atoms with van der Waals surface area (Å²) < 4.78 is 0. The van der Waals surface area contributed by atoms with Crippen LogP contribution in [0.25, 0.3) is 21.8 Å². The van der Waals surface area contributed by atoms with Gasteiger partial charge in [-0.05, 0) is 37.4 Å². The van der Waals surface area contributed by atoms with Gasteiger partial charge in [0.15, 0.2) is 5.82 Å². The molecule has 4 aromatic rings. The van der Waals surface area contributed by atoms with Crippen LogP contribution in [-0.2, 0) is 0 Å². The molecule has 2 aromatic carbocycles. The monoisotopic (exact) mass is 395 g/mol. The van der Waals surface area contributed by atoms with Crippen LogP contribution in [0.2, 0.25) is 5.02 Å². The zero-order valence-electron chi connectivity index (χ0n) is 15.1. The molecule has 4 N–H and O–H groups in total. The van der Waals surface area contributed by atoms with E-state index in [1.165, 1.54) is 0 Å². The van der Waals surface area contributed by atoms with Crippen LogP contribution in [0.4, 0.5) is 11.6 Å². The molecule has 2 aromatic heterocycles. The Labute approximate surface area is 165 Å². The van der Waals surface area contributed by atoms with Crippen LogP contribution in [-0.4, -0.2) is 46.2 Å². The molecule has 0 saturated heterocycles. The molecule has 0 aliphatic carbocycles. The highest BCUT2D eigenvalue weighted by molar-refractivity contribution is 6.31. The Morgan fingerprint density at radius 2 is 1.93 bits per heavy atom. The zero-order chi connectivity index (χ0) is 19.5. The zero-order valence-corrected chi connectivity index (χ0v) is 15.8. The molecule has 8 nitrogen and oxygen atoms in total. The maximum absolute atomic E-state index is 12.5. The van der Waals surface area contributed by atoms with Crippen LogP contribution in [0.1, 0.15) is 10.6 Å². The van der Waals surface area contributed by atoms with Crippen molar-refractivity contribution in [3.63, 3.8) is 0 Å². The van der Waals surface area contributed by atoms with E-state index in [9.17, 15) is 4.79 Å². The normalized spacial score (nSPS) is 11.1. The molecule has 142 valence electrons. The lowest BCUT2D eigenvalue weighted by atomic mass is 10.2. The maximum Gasteiger partial charge on any atom is 0.289 e. The number of fused-ring (bicyclic) bond motifs is 2. The topological polar surface area (TPSA) is 108 Å². The van der Waals surface area contributed by atoms with Crippen molar-refractivity contribution in [2.75, 3.05) is 25.5 Å². The van der Waals surface area contributed by atoms with Crippen molar-refractivity contribution in [2.45, 2.75) is 0 Å². The number of rotatable bonds is 6. The van der Waals surface area contributed by atoms with Gasteiger partial charge in [-0.1, -0.05) is 23.7 Å². The Hall–Kier alpha value is -3.23. The number of nitrogens with zero attached hydrogens (tertiary/aromatic N) is 3. The van der Waals surface area contributed by atoms with E-state index in [1.807, 2.05) is 31.3 Å². The number of amides is 1. The molecule has 1 amide bonds. The highest BCUT2D eigenvalue weighted by atomic mass is 35.5. The van der Waals surface area contributed by atoms with E-state index < -0.39 is 0 Å². The molecule has 0 fully saturated rings. The summed E-state index contributed by atoms with van der Waals surface area (Å²) in [5.41, 5.74) is 1.51. The predicted molar refractivity (Wildman–Crippen MR) is 110 cm³/mol. The summed E-state index contributed by atoms with van der Waals surface area (Å²) in [4.78, 5) is 21.3. The van der Waals surface area contributed by atoms with Crippen LogP contribution in [0.15, 0.2) is 42.5 Å². The first-order valence-corrected chi connectivity index (χ1v) is 9.14. The van der Waals surface area contributed by atoms with Crippen LogP contribution < -0.4 is 16.0 Å². The second kappa shape index (κ2) is 7.79. The van der Waals surface area contributed by atoms with Crippen LogP contribution in [0, 0.1) is 0 Å². The number of carbonyl (C=O) groups is 1. The minimum absolute atomic E-state index is 0.0771. The minimum atomic E-state index is -0.345. The molecule has 0 atom stereocenters. The number of hydrogen-bond acceptors (Lipinski definition) is 6. The van der Waals surface area contributed by atoms with Crippen molar-refractivity contribution in [3.8, 4) is 0 Å². The Bertz CT molecular complexity index is 1160. The van der Waals surface area contributed by atoms with Crippen molar-refractivity contribution in [2.24, 2.45) is 0 Å². The lowest BCUT2D eigenvalue weighted by Gasteiger charge is -2.10. The van der Waals surface area contributed by atoms with Gasteiger partial charge < -0.3 is 16.0 Å². The Morgan fingerprint density at radius 1 is 1.07 bits per heavy atom. The number of aromatic amines is 1. The van der Waals surface area contributed by atoms with Gasteiger partial charge in [0.05, 0.1) is 11.0 Å². The molecule has 28 heavy (non-hydrogen) atoms. The molecule has 0 radical (unpaired) electrons. The number of aromatic nitrogens is 4. The first kappa shape index (κ1) is 18.1. The summed E-state index contributed by atoms with van der Waals surface area (Å²) in [5.74, 6) is 0.802. The lowest BCUT2D eigenvalue weighted by Crippen LogP contribution is -2.31. The van der Waals surface area contributed by atoms with E-state index in [1.54, 1.807) is 18.2 Å².